The van der Waals surface area contributed by atoms with Crippen molar-refractivity contribution in [2.24, 2.45) is 0 Å². The maximum absolute atomic E-state index is 13.2. The van der Waals surface area contributed by atoms with Gasteiger partial charge in [0.15, 0.2) is 0 Å². The highest BCUT2D eigenvalue weighted by atomic mass is 16.3. The van der Waals surface area contributed by atoms with Crippen LogP contribution in [0.1, 0.15) is 104 Å². The number of amides is 1. The number of aromatic hydroxyl groups is 1. The molecule has 1 aliphatic carbocycles. The minimum atomic E-state index is -0.648. The first-order valence-corrected chi connectivity index (χ1v) is 10.4. The fraction of sp³-hybridized carbons (Fsp3) is 0.708. The van der Waals surface area contributed by atoms with Crippen LogP contribution in [0.3, 0.4) is 0 Å². The Hall–Kier alpha value is -1.51. The van der Waals surface area contributed by atoms with Crippen molar-refractivity contribution in [3.63, 3.8) is 0 Å². The standard InChI is InChI=1S/C24H39NO2/c1-22(2,3)18-14-16(15-19(20(18)26)23(4,5)6)24(7,8)21(27)25-17-12-10-9-11-13-17/h14-15,17,26H,9-13H2,1-8H3,(H,25,27). The number of carbonyl (C=O) groups excluding carboxylic acids is 1. The molecule has 2 N–H and O–H groups in total. The summed E-state index contributed by atoms with van der Waals surface area (Å²) in [6.07, 6.45) is 5.84. The lowest BCUT2D eigenvalue weighted by molar-refractivity contribution is -0.126. The van der Waals surface area contributed by atoms with Crippen LogP contribution < -0.4 is 5.32 Å². The Morgan fingerprint density at radius 2 is 1.33 bits per heavy atom. The molecule has 0 radical (unpaired) electrons. The Kier molecular flexibility index (Phi) is 6.04. The van der Waals surface area contributed by atoms with Gasteiger partial charge < -0.3 is 10.4 Å². The van der Waals surface area contributed by atoms with Crippen molar-refractivity contribution in [1.82, 2.24) is 5.32 Å². The molecule has 0 spiro atoms. The van der Waals surface area contributed by atoms with Crippen LogP contribution in [-0.4, -0.2) is 17.1 Å². The fourth-order valence-corrected chi connectivity index (χ4v) is 3.88. The van der Waals surface area contributed by atoms with Gasteiger partial charge in [-0.2, -0.15) is 0 Å². The van der Waals surface area contributed by atoms with Crippen molar-refractivity contribution in [3.05, 3.63) is 28.8 Å². The molecule has 1 fully saturated rings. The smallest absolute Gasteiger partial charge is 0.230 e. The molecular formula is C24H39NO2. The Labute approximate surface area is 166 Å². The molecule has 1 aromatic carbocycles. The first-order chi connectivity index (χ1) is 12.2. The molecule has 27 heavy (non-hydrogen) atoms. The second kappa shape index (κ2) is 7.48. The van der Waals surface area contributed by atoms with Crippen LogP contribution in [0, 0.1) is 0 Å². The van der Waals surface area contributed by atoms with Gasteiger partial charge in [-0.1, -0.05) is 72.9 Å². The normalized spacial score (nSPS) is 17.0. The van der Waals surface area contributed by atoms with Crippen LogP contribution in [0.4, 0.5) is 0 Å². The molecule has 0 atom stereocenters. The molecule has 152 valence electrons. The number of benzene rings is 1. The van der Waals surface area contributed by atoms with Gasteiger partial charge in [0.1, 0.15) is 5.75 Å². The van der Waals surface area contributed by atoms with Gasteiger partial charge in [0.2, 0.25) is 5.91 Å². The molecule has 1 saturated carbocycles. The maximum Gasteiger partial charge on any atom is 0.230 e. The number of carbonyl (C=O) groups is 1. The van der Waals surface area contributed by atoms with E-state index in [4.69, 9.17) is 0 Å². The van der Waals surface area contributed by atoms with Crippen molar-refractivity contribution >= 4 is 5.91 Å². The third-order valence-corrected chi connectivity index (χ3v) is 5.96. The second-order valence-electron chi connectivity index (χ2n) is 10.9. The van der Waals surface area contributed by atoms with E-state index in [0.717, 1.165) is 29.5 Å². The quantitative estimate of drug-likeness (QED) is 0.712. The summed E-state index contributed by atoms with van der Waals surface area (Å²) in [5.41, 5.74) is 1.74. The van der Waals surface area contributed by atoms with E-state index in [0.29, 0.717) is 11.8 Å². The highest BCUT2D eigenvalue weighted by Crippen LogP contribution is 2.42. The number of rotatable bonds is 3. The first-order valence-electron chi connectivity index (χ1n) is 10.4. The van der Waals surface area contributed by atoms with E-state index < -0.39 is 5.41 Å². The summed E-state index contributed by atoms with van der Waals surface area (Å²) < 4.78 is 0. The fourth-order valence-electron chi connectivity index (χ4n) is 3.88. The predicted octanol–water partition coefficient (Wildman–Crippen LogP) is 5.71. The Balaban J connectivity index is 2.46. The van der Waals surface area contributed by atoms with Crippen LogP contribution in [0.25, 0.3) is 0 Å². The number of phenols is 1. The molecule has 0 unspecified atom stereocenters. The van der Waals surface area contributed by atoms with Crippen LogP contribution in [0.2, 0.25) is 0 Å². The maximum atomic E-state index is 13.2. The van der Waals surface area contributed by atoms with E-state index in [-0.39, 0.29) is 16.7 Å². The van der Waals surface area contributed by atoms with E-state index in [2.05, 4.69) is 46.9 Å². The van der Waals surface area contributed by atoms with Crippen LogP contribution >= 0.6 is 0 Å². The van der Waals surface area contributed by atoms with Gasteiger partial charge in [-0.25, -0.2) is 0 Å². The summed E-state index contributed by atoms with van der Waals surface area (Å²) >= 11 is 0. The van der Waals surface area contributed by atoms with E-state index in [1.165, 1.54) is 19.3 Å². The predicted molar refractivity (Wildman–Crippen MR) is 114 cm³/mol. The summed E-state index contributed by atoms with van der Waals surface area (Å²) in [5.74, 6) is 0.446. The number of phenolic OH excluding ortho intramolecular Hbond substituents is 1. The van der Waals surface area contributed by atoms with Gasteiger partial charge in [-0.05, 0) is 54.2 Å². The van der Waals surface area contributed by atoms with Crippen LogP contribution in [0.5, 0.6) is 5.75 Å². The Morgan fingerprint density at radius 3 is 1.74 bits per heavy atom. The molecule has 1 aliphatic rings. The molecule has 0 saturated heterocycles. The van der Waals surface area contributed by atoms with Gasteiger partial charge in [-0.3, -0.25) is 4.79 Å². The van der Waals surface area contributed by atoms with Gasteiger partial charge in [0.25, 0.3) is 0 Å². The number of hydrogen-bond donors (Lipinski definition) is 2. The third kappa shape index (κ3) is 4.86. The SMILES string of the molecule is CC(C)(C)c1cc(C(C)(C)C(=O)NC2CCCCC2)cc(C(C)(C)C)c1O. The third-order valence-electron chi connectivity index (χ3n) is 5.96. The highest BCUT2D eigenvalue weighted by Gasteiger charge is 2.35. The van der Waals surface area contributed by atoms with Crippen molar-refractivity contribution in [1.29, 1.82) is 0 Å². The second-order valence-corrected chi connectivity index (χ2v) is 10.9. The lowest BCUT2D eigenvalue weighted by Gasteiger charge is -2.33. The van der Waals surface area contributed by atoms with E-state index >= 15 is 0 Å². The lowest BCUT2D eigenvalue weighted by atomic mass is 9.74. The highest BCUT2D eigenvalue weighted by molar-refractivity contribution is 5.88. The van der Waals surface area contributed by atoms with Crippen molar-refractivity contribution in [2.45, 2.75) is 110 Å². The molecule has 0 heterocycles. The summed E-state index contributed by atoms with van der Waals surface area (Å²) in [6, 6.07) is 4.36. The number of hydrogen-bond acceptors (Lipinski definition) is 2. The van der Waals surface area contributed by atoms with Crippen molar-refractivity contribution in [3.8, 4) is 5.75 Å². The van der Waals surface area contributed by atoms with E-state index in [1.54, 1.807) is 0 Å². The largest absolute Gasteiger partial charge is 0.507 e. The van der Waals surface area contributed by atoms with Gasteiger partial charge in [0, 0.05) is 6.04 Å². The molecular weight excluding hydrogens is 334 g/mol. The van der Waals surface area contributed by atoms with Crippen molar-refractivity contribution < 1.29 is 9.90 Å². The average Bonchev–Trinajstić information content (AvgIpc) is 2.53. The topological polar surface area (TPSA) is 49.3 Å². The van der Waals surface area contributed by atoms with Gasteiger partial charge in [0.05, 0.1) is 5.41 Å². The van der Waals surface area contributed by atoms with Crippen molar-refractivity contribution in [2.75, 3.05) is 0 Å². The lowest BCUT2D eigenvalue weighted by Crippen LogP contribution is -2.46. The number of nitrogens with one attached hydrogen (secondary N) is 1. The van der Waals surface area contributed by atoms with E-state index in [1.807, 2.05) is 26.0 Å². The van der Waals surface area contributed by atoms with Gasteiger partial charge in [-0.15, -0.1) is 0 Å². The monoisotopic (exact) mass is 373 g/mol. The average molecular weight is 374 g/mol. The van der Waals surface area contributed by atoms with E-state index in [9.17, 15) is 9.90 Å². The summed E-state index contributed by atoms with van der Waals surface area (Å²) in [4.78, 5) is 13.2. The Bertz CT molecular complexity index is 648. The zero-order valence-corrected chi connectivity index (χ0v) is 18.6. The molecule has 3 heteroatoms. The summed E-state index contributed by atoms with van der Waals surface area (Å²) in [6.45, 7) is 16.6. The molecule has 1 aromatic rings. The zero-order valence-electron chi connectivity index (χ0n) is 18.6. The van der Waals surface area contributed by atoms with Crippen LogP contribution in [-0.2, 0) is 21.0 Å². The van der Waals surface area contributed by atoms with Crippen LogP contribution in [0.15, 0.2) is 12.1 Å². The Morgan fingerprint density at radius 1 is 0.889 bits per heavy atom. The van der Waals surface area contributed by atoms with Gasteiger partial charge >= 0.3 is 0 Å². The summed E-state index contributed by atoms with van der Waals surface area (Å²) in [5, 5.41) is 14.2. The minimum absolute atomic E-state index is 0.0832. The molecule has 3 nitrogen and oxygen atoms in total. The summed E-state index contributed by atoms with van der Waals surface area (Å²) in [7, 11) is 0. The minimum Gasteiger partial charge on any atom is -0.507 e. The molecule has 1 amide bonds. The zero-order chi connectivity index (χ0) is 20.6. The molecule has 0 aromatic heterocycles. The molecule has 0 bridgehead atoms. The molecule has 0 aliphatic heterocycles. The molecule has 2 rings (SSSR count). The first kappa shape index (κ1) is 21.8.